The van der Waals surface area contributed by atoms with Crippen LogP contribution in [0.3, 0.4) is 0 Å². The van der Waals surface area contributed by atoms with Gasteiger partial charge in [0, 0.05) is 92.0 Å². The topological polar surface area (TPSA) is 98.1 Å². The maximum absolute atomic E-state index is 13.8. The van der Waals surface area contributed by atoms with Crippen LogP contribution in [0.1, 0.15) is 106 Å². The number of aromatic amines is 2. The molecule has 0 saturated heterocycles. The number of fused-ring (bicyclic) bond motifs is 8. The number of carbonyl (C=O) groups excluding carboxylic acids is 1. The molecule has 452 valence electrons. The molecule has 3 aliphatic rings. The van der Waals surface area contributed by atoms with Crippen LogP contribution >= 0.6 is 0 Å². The monoisotopic (exact) mass is 1190 g/mol. The van der Waals surface area contributed by atoms with Crippen molar-refractivity contribution in [2.75, 3.05) is 5.32 Å². The Morgan fingerprint density at radius 3 is 1.25 bits per heavy atom. The summed E-state index contributed by atoms with van der Waals surface area (Å²) in [5.41, 5.74) is 25.0. The number of hydrogen-bond acceptors (Lipinski definition) is 3. The Labute approximate surface area is 536 Å². The number of aryl methyl sites for hydroxylation is 3. The van der Waals surface area contributed by atoms with Crippen molar-refractivity contribution >= 4 is 64.0 Å². The molecule has 6 aromatic heterocycles. The molecule has 8 heterocycles. The molecule has 2 aliphatic heterocycles. The Balaban J connectivity index is 0.811. The van der Waals surface area contributed by atoms with E-state index in [9.17, 15) is 4.79 Å². The summed E-state index contributed by atoms with van der Waals surface area (Å²) >= 11 is 0. The van der Waals surface area contributed by atoms with Gasteiger partial charge in [0.2, 0.25) is 0 Å². The van der Waals surface area contributed by atoms with Gasteiger partial charge < -0.3 is 15.3 Å². The number of anilines is 1. The van der Waals surface area contributed by atoms with Gasteiger partial charge in [-0.3, -0.25) is 4.79 Å². The number of benzene rings is 2. The SMILES string of the molecule is CC1=C(/C=C/C(C)=C/C=C/C(C)=C/C=C/C=C(C)/C=C/C=C(C)/C=C/c2ccc(C(=O)Nc3ccc(-c4c5nc(c(-c6cc[n+](C)cc6)c6ccc([nH]6)c(-c6cc[n+](C)cc6)c6nc(c(-c7cc[n+](C)cc7)c7ccc4[nH]7)C=C6)C=C5)cc3)cc2)C(C)(C)CCC1. The molecule has 0 fully saturated rings. The third-order valence-corrected chi connectivity index (χ3v) is 17.0. The lowest BCUT2D eigenvalue weighted by Crippen LogP contribution is -2.25. The lowest BCUT2D eigenvalue weighted by atomic mass is 9.72. The molecule has 0 unspecified atom stereocenters. The third kappa shape index (κ3) is 15.1. The predicted octanol–water partition coefficient (Wildman–Crippen LogP) is 18.6. The Hall–Kier alpha value is -10.6. The summed E-state index contributed by atoms with van der Waals surface area (Å²) in [7, 11) is 6.08. The molecule has 0 atom stereocenters. The number of carbonyl (C=O) groups is 1. The average Bonchev–Trinajstić information content (AvgIpc) is 1.83. The van der Waals surface area contributed by atoms with Crippen LogP contribution in [-0.4, -0.2) is 25.8 Å². The van der Waals surface area contributed by atoms with Gasteiger partial charge in [-0.05, 0) is 166 Å². The molecule has 8 bridgehead atoms. The van der Waals surface area contributed by atoms with Crippen LogP contribution in [0.2, 0.25) is 0 Å². The Morgan fingerprint density at radius 1 is 0.473 bits per heavy atom. The zero-order chi connectivity index (χ0) is 63.6. The first-order chi connectivity index (χ1) is 44.0. The van der Waals surface area contributed by atoms with Crippen molar-refractivity contribution in [1.29, 1.82) is 0 Å². The Bertz CT molecular complexity index is 4590. The number of nitrogens with zero attached hydrogens (tertiary/aromatic N) is 5. The Morgan fingerprint density at radius 2 is 0.846 bits per heavy atom. The lowest BCUT2D eigenvalue weighted by Gasteiger charge is -2.32. The van der Waals surface area contributed by atoms with Crippen LogP contribution < -0.4 is 19.0 Å². The number of aromatic nitrogens is 7. The van der Waals surface area contributed by atoms with Gasteiger partial charge in [0.15, 0.2) is 37.2 Å². The molecule has 2 aromatic carbocycles. The second kappa shape index (κ2) is 27.8. The van der Waals surface area contributed by atoms with Crippen molar-refractivity contribution in [1.82, 2.24) is 19.9 Å². The fourth-order valence-electron chi connectivity index (χ4n) is 11.9. The second-order valence-electron chi connectivity index (χ2n) is 24.8. The fraction of sp³-hybridized carbons (Fsp3) is 0.171. The minimum absolute atomic E-state index is 0.192. The number of amides is 1. The van der Waals surface area contributed by atoms with Crippen LogP contribution in [0.25, 0.3) is 97.0 Å². The number of rotatable bonds is 16. The number of pyridine rings is 3. The molecule has 0 spiro atoms. The summed E-state index contributed by atoms with van der Waals surface area (Å²) < 4.78 is 6.12. The van der Waals surface area contributed by atoms with E-state index in [4.69, 9.17) is 9.97 Å². The summed E-state index contributed by atoms with van der Waals surface area (Å²) in [5, 5.41) is 3.14. The van der Waals surface area contributed by atoms with Crippen molar-refractivity contribution in [3.8, 4) is 44.5 Å². The van der Waals surface area contributed by atoms with Gasteiger partial charge >= 0.3 is 0 Å². The minimum Gasteiger partial charge on any atom is -0.354 e. The van der Waals surface area contributed by atoms with Gasteiger partial charge in [0.05, 0.1) is 22.8 Å². The van der Waals surface area contributed by atoms with Crippen LogP contribution in [0.15, 0.2) is 259 Å². The lowest BCUT2D eigenvalue weighted by molar-refractivity contribution is -0.671. The molecule has 8 aromatic rings. The molecule has 11 rings (SSSR count). The van der Waals surface area contributed by atoms with E-state index >= 15 is 0 Å². The maximum atomic E-state index is 13.8. The van der Waals surface area contributed by atoms with Crippen LogP contribution in [0.4, 0.5) is 5.69 Å². The largest absolute Gasteiger partial charge is 0.354 e. The predicted molar refractivity (Wildman–Crippen MR) is 379 cm³/mol. The minimum atomic E-state index is -0.192. The molecule has 1 amide bonds. The fourth-order valence-corrected chi connectivity index (χ4v) is 11.9. The molecule has 9 nitrogen and oxygen atoms in total. The molecule has 9 heteroatoms. The quantitative estimate of drug-likeness (QED) is 0.0664. The molecule has 91 heavy (non-hydrogen) atoms. The van der Waals surface area contributed by atoms with Gasteiger partial charge in [0.1, 0.15) is 21.1 Å². The number of nitrogens with one attached hydrogen (secondary N) is 3. The van der Waals surface area contributed by atoms with Gasteiger partial charge in [-0.2, -0.15) is 0 Å². The average molecular weight is 1190 g/mol. The second-order valence-corrected chi connectivity index (χ2v) is 24.8. The standard InChI is InChI=1S/C82H79N8O/c1-56(16-11-12-17-57(2)19-14-21-59(4)24-34-68-60(5)22-15-49-82(68,6)7)18-13-20-58(3)23-25-61-26-28-66(29-27-61)81(91)83-67-32-30-62(31-33-67)77-69-35-37-71(84-69)78(63-43-50-88(8)51-44-63)73-39-41-75(86-73)80(65-47-54-90(10)55-48-65)76-42-40-74(87-76)79(72-38-36-70(77)85-72)64-45-52-89(9)53-46-64/h11-14,16-21,23-48,50-55H,15,22,49H2,1-10H3,(H-,83,84,85,86,87,91)/q+1/p+2/b12-11+,18-13+,19-14+,25-23+,34-24+,56-16+,57-17+,58-20+,59-21+,77-69?,77-70?,78-71?,78-73?,79-72?,79-74?,80-75?,80-76?. The van der Waals surface area contributed by atoms with Gasteiger partial charge in [-0.15, -0.1) is 0 Å². The summed E-state index contributed by atoms with van der Waals surface area (Å²) in [6.45, 7) is 15.5. The van der Waals surface area contributed by atoms with Crippen molar-refractivity contribution in [3.63, 3.8) is 0 Å². The van der Waals surface area contributed by atoms with Gasteiger partial charge in [-0.25, -0.2) is 23.7 Å². The van der Waals surface area contributed by atoms with Gasteiger partial charge in [0.25, 0.3) is 5.91 Å². The van der Waals surface area contributed by atoms with Crippen molar-refractivity contribution < 1.29 is 18.5 Å². The normalized spacial score (nSPS) is 14.8. The van der Waals surface area contributed by atoms with Crippen LogP contribution in [0, 0.1) is 5.41 Å². The summed E-state index contributed by atoms with van der Waals surface area (Å²) in [6.07, 6.45) is 54.4. The van der Waals surface area contributed by atoms with Crippen molar-refractivity contribution in [3.05, 3.63) is 293 Å². The van der Waals surface area contributed by atoms with Gasteiger partial charge in [-0.1, -0.05) is 151 Å². The molecule has 1 aliphatic carbocycles. The number of hydrogen-bond donors (Lipinski definition) is 3. The highest BCUT2D eigenvalue weighted by molar-refractivity contribution is 6.05. The first-order valence-electron chi connectivity index (χ1n) is 31.4. The molecular weight excluding hydrogens is 1110 g/mol. The summed E-state index contributed by atoms with van der Waals surface area (Å²) in [4.78, 5) is 32.4. The smallest absolute Gasteiger partial charge is 0.255 e. The Kier molecular flexibility index (Phi) is 18.9. The van der Waals surface area contributed by atoms with E-state index in [-0.39, 0.29) is 11.3 Å². The first kappa shape index (κ1) is 62.0. The van der Waals surface area contributed by atoms with E-state index in [1.54, 1.807) is 0 Å². The number of H-pyrrole nitrogens is 2. The summed E-state index contributed by atoms with van der Waals surface area (Å²) in [6, 6.07) is 37.0. The molecule has 3 N–H and O–H groups in total. The van der Waals surface area contributed by atoms with E-state index in [1.807, 2.05) is 71.2 Å². The van der Waals surface area contributed by atoms with E-state index in [2.05, 4.69) is 283 Å². The van der Waals surface area contributed by atoms with E-state index < -0.39 is 0 Å². The highest BCUT2D eigenvalue weighted by atomic mass is 16.1. The molecule has 0 saturated carbocycles. The number of allylic oxidation sites excluding steroid dienone is 19. The van der Waals surface area contributed by atoms with E-state index in [0.717, 1.165) is 106 Å². The zero-order valence-corrected chi connectivity index (χ0v) is 54.0. The molecular formula is C82H81N8O+3. The zero-order valence-electron chi connectivity index (χ0n) is 54.0. The maximum Gasteiger partial charge on any atom is 0.255 e. The third-order valence-electron chi connectivity index (χ3n) is 17.0. The van der Waals surface area contributed by atoms with E-state index in [0.29, 0.717) is 11.3 Å². The van der Waals surface area contributed by atoms with Crippen molar-refractivity contribution in [2.24, 2.45) is 26.6 Å². The molecule has 0 radical (unpaired) electrons. The first-order valence-corrected chi connectivity index (χ1v) is 31.4. The van der Waals surface area contributed by atoms with Crippen molar-refractivity contribution in [2.45, 2.75) is 67.7 Å². The highest BCUT2D eigenvalue weighted by Gasteiger charge is 2.27. The van der Waals surface area contributed by atoms with Crippen LogP contribution in [0.5, 0.6) is 0 Å². The van der Waals surface area contributed by atoms with Crippen LogP contribution in [-0.2, 0) is 21.1 Å². The summed E-state index contributed by atoms with van der Waals surface area (Å²) in [5.74, 6) is -0.192. The highest BCUT2D eigenvalue weighted by Crippen LogP contribution is 2.42. The van der Waals surface area contributed by atoms with E-state index in [1.165, 1.54) is 41.6 Å².